The van der Waals surface area contributed by atoms with Crippen LogP contribution in [0.2, 0.25) is 10.0 Å². The van der Waals surface area contributed by atoms with Crippen molar-refractivity contribution >= 4 is 84.9 Å². The highest BCUT2D eigenvalue weighted by molar-refractivity contribution is 9.10. The van der Waals surface area contributed by atoms with Crippen molar-refractivity contribution in [1.29, 1.82) is 0 Å². The predicted molar refractivity (Wildman–Crippen MR) is 148 cm³/mol. The lowest BCUT2D eigenvalue weighted by Crippen LogP contribution is -2.37. The first-order valence-electron chi connectivity index (χ1n) is 11.6. The van der Waals surface area contributed by atoms with Crippen molar-refractivity contribution in [2.75, 3.05) is 13.1 Å². The number of imide groups is 1. The van der Waals surface area contributed by atoms with Gasteiger partial charge in [-0.2, -0.15) is 0 Å². The Kier molecular flexibility index (Phi) is 7.49. The third-order valence-electron chi connectivity index (χ3n) is 6.39. The van der Waals surface area contributed by atoms with Crippen LogP contribution in [0.25, 0.3) is 17.0 Å². The first-order valence-corrected chi connectivity index (χ1v) is 13.9. The van der Waals surface area contributed by atoms with Crippen LogP contribution >= 0.6 is 50.9 Å². The van der Waals surface area contributed by atoms with E-state index in [4.69, 9.17) is 23.2 Å². The molecule has 6 nitrogen and oxygen atoms in total. The summed E-state index contributed by atoms with van der Waals surface area (Å²) < 4.78 is 2.80. The maximum Gasteiger partial charge on any atom is 0.293 e. The van der Waals surface area contributed by atoms with Gasteiger partial charge in [-0.1, -0.05) is 45.2 Å². The summed E-state index contributed by atoms with van der Waals surface area (Å²) in [6.45, 7) is 1.88. The second kappa shape index (κ2) is 10.6. The van der Waals surface area contributed by atoms with E-state index in [0.717, 1.165) is 65.1 Å². The van der Waals surface area contributed by atoms with Crippen molar-refractivity contribution < 1.29 is 14.4 Å². The lowest BCUT2D eigenvalue weighted by atomic mass is 10.1. The largest absolute Gasteiger partial charge is 0.341 e. The second-order valence-corrected chi connectivity index (χ2v) is 11.6. The quantitative estimate of drug-likeness (QED) is 0.295. The van der Waals surface area contributed by atoms with Gasteiger partial charge in [-0.05, 0) is 73.0 Å². The van der Waals surface area contributed by atoms with Crippen LogP contribution in [0.1, 0.15) is 30.4 Å². The zero-order chi connectivity index (χ0) is 25.4. The van der Waals surface area contributed by atoms with Gasteiger partial charge in [0.25, 0.3) is 11.1 Å². The van der Waals surface area contributed by atoms with E-state index in [0.29, 0.717) is 20.5 Å². The molecule has 36 heavy (non-hydrogen) atoms. The van der Waals surface area contributed by atoms with Gasteiger partial charge >= 0.3 is 0 Å². The van der Waals surface area contributed by atoms with E-state index in [2.05, 4.69) is 15.9 Å². The summed E-state index contributed by atoms with van der Waals surface area (Å²) in [5.41, 5.74) is 2.30. The van der Waals surface area contributed by atoms with Crippen LogP contribution in [-0.2, 0) is 22.7 Å². The van der Waals surface area contributed by atoms with Gasteiger partial charge in [0.05, 0.1) is 11.4 Å². The third-order valence-corrected chi connectivity index (χ3v) is 8.38. The summed E-state index contributed by atoms with van der Waals surface area (Å²) >= 11 is 16.6. The molecule has 3 amide bonds. The number of piperidine rings is 1. The Bertz CT molecular complexity index is 1410. The molecule has 0 bridgehead atoms. The van der Waals surface area contributed by atoms with E-state index < -0.39 is 0 Å². The maximum atomic E-state index is 13.2. The molecule has 5 rings (SSSR count). The summed E-state index contributed by atoms with van der Waals surface area (Å²) in [6, 6.07) is 10.8. The lowest BCUT2D eigenvalue weighted by molar-refractivity contribution is -0.132. The van der Waals surface area contributed by atoms with E-state index in [1.54, 1.807) is 24.3 Å². The maximum absolute atomic E-state index is 13.2. The predicted octanol–water partition coefficient (Wildman–Crippen LogP) is 6.96. The summed E-state index contributed by atoms with van der Waals surface area (Å²) in [6.07, 6.45) is 6.84. The number of fused-ring (bicyclic) bond motifs is 1. The molecule has 0 atom stereocenters. The zero-order valence-electron chi connectivity index (χ0n) is 19.2. The van der Waals surface area contributed by atoms with E-state index in [-0.39, 0.29) is 30.1 Å². The van der Waals surface area contributed by atoms with Crippen LogP contribution in [0.4, 0.5) is 4.79 Å². The number of carbonyl (C=O) groups is 3. The van der Waals surface area contributed by atoms with Gasteiger partial charge in [-0.15, -0.1) is 0 Å². The molecular formula is C26H22BrCl2N3O3S. The van der Waals surface area contributed by atoms with Crippen molar-refractivity contribution in [3.05, 3.63) is 73.1 Å². The van der Waals surface area contributed by atoms with E-state index in [9.17, 15) is 14.4 Å². The first-order chi connectivity index (χ1) is 17.3. The molecule has 3 aromatic rings. The fourth-order valence-electron chi connectivity index (χ4n) is 4.53. The highest BCUT2D eigenvalue weighted by Crippen LogP contribution is 2.36. The van der Waals surface area contributed by atoms with Crippen molar-refractivity contribution in [2.24, 2.45) is 0 Å². The molecular weight excluding hydrogens is 585 g/mol. The number of thioether (sulfide) groups is 1. The standard InChI is InChI=1S/C26H22BrCl2N3O3S/c27-18-5-7-22-20(11-18)17(13-31(22)15-24(33)30-8-2-1-3-9-30)10-23-25(34)32(26(35)36-23)14-16-4-6-19(28)12-21(16)29/h4-7,10-13H,1-3,8-9,14-15H2/b23-10-. The minimum Gasteiger partial charge on any atom is -0.341 e. The number of halogens is 3. The average Bonchev–Trinajstić information content (AvgIpc) is 3.32. The van der Waals surface area contributed by atoms with Gasteiger partial charge < -0.3 is 9.47 Å². The number of rotatable bonds is 5. The number of carbonyl (C=O) groups excluding carboxylic acids is 3. The van der Waals surface area contributed by atoms with Crippen LogP contribution in [0.5, 0.6) is 0 Å². The van der Waals surface area contributed by atoms with E-state index >= 15 is 0 Å². The van der Waals surface area contributed by atoms with Crippen molar-refractivity contribution in [3.8, 4) is 0 Å². The van der Waals surface area contributed by atoms with Crippen molar-refractivity contribution in [1.82, 2.24) is 14.4 Å². The lowest BCUT2D eigenvalue weighted by Gasteiger charge is -2.27. The summed E-state index contributed by atoms with van der Waals surface area (Å²) in [5, 5.41) is 1.42. The molecule has 1 aromatic heterocycles. The second-order valence-electron chi connectivity index (χ2n) is 8.82. The van der Waals surface area contributed by atoms with Gasteiger partial charge in [-0.25, -0.2) is 0 Å². The van der Waals surface area contributed by atoms with Crippen LogP contribution < -0.4 is 0 Å². The number of hydrogen-bond donors (Lipinski definition) is 0. The Balaban J connectivity index is 1.43. The van der Waals surface area contributed by atoms with Gasteiger partial charge in [0.1, 0.15) is 6.54 Å². The molecule has 2 aliphatic heterocycles. The summed E-state index contributed by atoms with van der Waals surface area (Å²) in [5.74, 6) is -0.294. The van der Waals surface area contributed by atoms with E-state index in [1.807, 2.05) is 33.9 Å². The first kappa shape index (κ1) is 25.4. The average molecular weight is 607 g/mol. The SMILES string of the molecule is O=C(Cn1cc(/C=C2\SC(=O)N(Cc3ccc(Cl)cc3Cl)C2=O)c2cc(Br)ccc21)N1CCCCC1. The van der Waals surface area contributed by atoms with E-state index in [1.165, 1.54) is 4.90 Å². The molecule has 0 saturated carbocycles. The van der Waals surface area contributed by atoms with Gasteiger partial charge in [0.15, 0.2) is 0 Å². The molecule has 0 radical (unpaired) electrons. The molecule has 0 unspecified atom stereocenters. The molecule has 0 N–H and O–H groups in total. The molecule has 0 aliphatic carbocycles. The number of aromatic nitrogens is 1. The molecule has 0 spiro atoms. The zero-order valence-corrected chi connectivity index (χ0v) is 23.1. The Morgan fingerprint density at radius 2 is 1.83 bits per heavy atom. The minimum absolute atomic E-state index is 0.0651. The van der Waals surface area contributed by atoms with Crippen LogP contribution in [0.15, 0.2) is 52.0 Å². The number of benzene rings is 2. The van der Waals surface area contributed by atoms with Gasteiger partial charge in [0.2, 0.25) is 5.91 Å². The van der Waals surface area contributed by atoms with Crippen LogP contribution in [-0.4, -0.2) is 44.5 Å². The topological polar surface area (TPSA) is 62.6 Å². The molecule has 10 heteroatoms. The molecule has 2 fully saturated rings. The summed E-state index contributed by atoms with van der Waals surface area (Å²) in [7, 11) is 0. The molecule has 3 heterocycles. The van der Waals surface area contributed by atoms with Crippen LogP contribution in [0.3, 0.4) is 0 Å². The third kappa shape index (κ3) is 5.23. The molecule has 2 aromatic carbocycles. The molecule has 2 saturated heterocycles. The number of hydrogen-bond acceptors (Lipinski definition) is 4. The number of likely N-dealkylation sites (tertiary alicyclic amines) is 1. The number of nitrogens with zero attached hydrogens (tertiary/aromatic N) is 3. The normalized spacial score (nSPS) is 17.6. The number of amides is 3. The van der Waals surface area contributed by atoms with Gasteiger partial charge in [0, 0.05) is 50.3 Å². The van der Waals surface area contributed by atoms with Crippen LogP contribution in [0, 0.1) is 0 Å². The van der Waals surface area contributed by atoms with Crippen molar-refractivity contribution in [2.45, 2.75) is 32.4 Å². The molecule has 186 valence electrons. The smallest absolute Gasteiger partial charge is 0.293 e. The Labute approximate surface area is 231 Å². The Hall–Kier alpha value is -2.26. The highest BCUT2D eigenvalue weighted by atomic mass is 79.9. The monoisotopic (exact) mass is 605 g/mol. The fourth-order valence-corrected chi connectivity index (χ4v) is 6.19. The molecule has 2 aliphatic rings. The summed E-state index contributed by atoms with van der Waals surface area (Å²) in [4.78, 5) is 42.2. The van der Waals surface area contributed by atoms with Gasteiger partial charge in [-0.3, -0.25) is 19.3 Å². The minimum atomic E-state index is -0.378. The Morgan fingerprint density at radius 1 is 1.06 bits per heavy atom. The van der Waals surface area contributed by atoms with Crippen molar-refractivity contribution in [3.63, 3.8) is 0 Å². The Morgan fingerprint density at radius 3 is 2.58 bits per heavy atom. The fraction of sp³-hybridized carbons (Fsp3) is 0.269. The highest BCUT2D eigenvalue weighted by Gasteiger charge is 2.35.